The lowest BCUT2D eigenvalue weighted by molar-refractivity contribution is 0.0841. The molecule has 0 amide bonds. The van der Waals surface area contributed by atoms with Crippen LogP contribution >= 0.6 is 0 Å². The lowest BCUT2D eigenvalue weighted by Gasteiger charge is -2.08. The highest BCUT2D eigenvalue weighted by atomic mass is 32.2. The van der Waals surface area contributed by atoms with Gasteiger partial charge in [0.05, 0.1) is 17.6 Å². The first kappa shape index (κ1) is 15.5. The van der Waals surface area contributed by atoms with Gasteiger partial charge < -0.3 is 4.74 Å². The summed E-state index contributed by atoms with van der Waals surface area (Å²) in [5.41, 5.74) is 1.06. The van der Waals surface area contributed by atoms with E-state index in [0.29, 0.717) is 6.61 Å². The molecule has 2 aromatic rings. The highest BCUT2D eigenvalue weighted by Crippen LogP contribution is 2.12. The maximum absolute atomic E-state index is 12.1. The number of ether oxygens (including phenoxy) is 1. The van der Waals surface area contributed by atoms with Crippen molar-refractivity contribution < 1.29 is 13.2 Å². The molecule has 2 rings (SSSR count). The van der Waals surface area contributed by atoms with Crippen LogP contribution in [0.1, 0.15) is 12.5 Å². The third-order valence-electron chi connectivity index (χ3n) is 2.96. The van der Waals surface area contributed by atoms with Gasteiger partial charge in [0.25, 0.3) is 0 Å². The Balaban J connectivity index is 1.94. The van der Waals surface area contributed by atoms with Crippen LogP contribution in [0.4, 0.5) is 0 Å². The second kappa shape index (κ2) is 7.20. The topological polar surface area (TPSA) is 43.4 Å². The van der Waals surface area contributed by atoms with Crippen LogP contribution in [0.2, 0.25) is 0 Å². The fourth-order valence-corrected chi connectivity index (χ4v) is 2.88. The number of hydrogen-bond acceptors (Lipinski definition) is 3. The van der Waals surface area contributed by atoms with E-state index in [4.69, 9.17) is 4.74 Å². The van der Waals surface area contributed by atoms with Crippen molar-refractivity contribution in [1.29, 1.82) is 0 Å². The van der Waals surface area contributed by atoms with Gasteiger partial charge in [-0.05, 0) is 30.7 Å². The minimum atomic E-state index is -3.40. The molecule has 110 valence electrons. The fourth-order valence-electron chi connectivity index (χ4n) is 1.76. The number of benzene rings is 2. The molecule has 21 heavy (non-hydrogen) atoms. The van der Waals surface area contributed by atoms with Crippen molar-refractivity contribution in [3.05, 3.63) is 77.7 Å². The molecule has 0 spiro atoms. The summed E-state index contributed by atoms with van der Waals surface area (Å²) in [4.78, 5) is 0.288. The SMILES string of the molecule is CC(/C=C/S(=O)(=O)c1ccccc1)OCc1ccccc1. The summed E-state index contributed by atoms with van der Waals surface area (Å²) in [5.74, 6) is 0. The largest absolute Gasteiger partial charge is 0.370 e. The second-order valence-electron chi connectivity index (χ2n) is 4.69. The van der Waals surface area contributed by atoms with E-state index < -0.39 is 9.84 Å². The molecule has 0 bridgehead atoms. The van der Waals surface area contributed by atoms with E-state index >= 15 is 0 Å². The van der Waals surface area contributed by atoms with Gasteiger partial charge in [0.2, 0.25) is 0 Å². The second-order valence-corrected chi connectivity index (χ2v) is 6.52. The molecule has 0 aliphatic heterocycles. The Morgan fingerprint density at radius 1 is 1.00 bits per heavy atom. The monoisotopic (exact) mass is 302 g/mol. The summed E-state index contributed by atoms with van der Waals surface area (Å²) < 4.78 is 29.7. The Morgan fingerprint density at radius 3 is 2.19 bits per heavy atom. The van der Waals surface area contributed by atoms with Crippen molar-refractivity contribution in [2.45, 2.75) is 24.5 Å². The Bertz CT molecular complexity index is 676. The van der Waals surface area contributed by atoms with Crippen LogP contribution in [-0.4, -0.2) is 14.5 Å². The van der Waals surface area contributed by atoms with E-state index in [-0.39, 0.29) is 11.0 Å². The molecule has 0 saturated carbocycles. The van der Waals surface area contributed by atoms with Gasteiger partial charge in [-0.25, -0.2) is 8.42 Å². The van der Waals surface area contributed by atoms with E-state index in [2.05, 4.69) is 0 Å². The molecule has 2 aromatic carbocycles. The molecule has 0 radical (unpaired) electrons. The molecule has 0 aliphatic rings. The third-order valence-corrected chi connectivity index (χ3v) is 4.40. The van der Waals surface area contributed by atoms with Crippen molar-refractivity contribution in [3.63, 3.8) is 0 Å². The zero-order valence-corrected chi connectivity index (χ0v) is 12.7. The summed E-state index contributed by atoms with van der Waals surface area (Å²) in [7, 11) is -3.40. The standard InChI is InChI=1S/C17H18O3S/c1-15(20-14-16-8-4-2-5-9-16)12-13-21(18,19)17-10-6-3-7-11-17/h2-13,15H,14H2,1H3/b13-12+. The van der Waals surface area contributed by atoms with Gasteiger partial charge in [0, 0.05) is 5.41 Å². The summed E-state index contributed by atoms with van der Waals surface area (Å²) >= 11 is 0. The Morgan fingerprint density at radius 2 is 1.57 bits per heavy atom. The smallest absolute Gasteiger partial charge is 0.199 e. The van der Waals surface area contributed by atoms with Gasteiger partial charge in [-0.1, -0.05) is 48.5 Å². The summed E-state index contributed by atoms with van der Waals surface area (Å²) in [5, 5.41) is 1.21. The molecule has 1 unspecified atom stereocenters. The number of sulfone groups is 1. The van der Waals surface area contributed by atoms with Crippen molar-refractivity contribution in [3.8, 4) is 0 Å². The molecule has 0 aromatic heterocycles. The van der Waals surface area contributed by atoms with Gasteiger partial charge in [0.15, 0.2) is 9.84 Å². The maximum atomic E-state index is 12.1. The van der Waals surface area contributed by atoms with Gasteiger partial charge in [0.1, 0.15) is 0 Å². The van der Waals surface area contributed by atoms with Crippen molar-refractivity contribution in [2.24, 2.45) is 0 Å². The maximum Gasteiger partial charge on any atom is 0.199 e. The van der Waals surface area contributed by atoms with Gasteiger partial charge >= 0.3 is 0 Å². The van der Waals surface area contributed by atoms with Gasteiger partial charge in [-0.3, -0.25) is 0 Å². The van der Waals surface area contributed by atoms with Crippen molar-refractivity contribution >= 4 is 9.84 Å². The lowest BCUT2D eigenvalue weighted by atomic mass is 10.2. The average molecular weight is 302 g/mol. The molecule has 3 nitrogen and oxygen atoms in total. The number of rotatable bonds is 6. The fraction of sp³-hybridized carbons (Fsp3) is 0.176. The normalized spacial score (nSPS) is 13.4. The van der Waals surface area contributed by atoms with Crippen molar-refractivity contribution in [1.82, 2.24) is 0 Å². The molecule has 0 N–H and O–H groups in total. The molecule has 0 aliphatic carbocycles. The van der Waals surface area contributed by atoms with Crippen LogP contribution in [0.15, 0.2) is 77.0 Å². The first-order chi connectivity index (χ1) is 10.1. The first-order valence-electron chi connectivity index (χ1n) is 6.72. The average Bonchev–Trinajstić information content (AvgIpc) is 2.53. The van der Waals surface area contributed by atoms with Crippen LogP contribution in [0.25, 0.3) is 0 Å². The molecular weight excluding hydrogens is 284 g/mol. The van der Waals surface area contributed by atoms with E-state index in [1.54, 1.807) is 36.4 Å². The highest BCUT2D eigenvalue weighted by molar-refractivity contribution is 7.94. The van der Waals surface area contributed by atoms with Crippen LogP contribution in [0.5, 0.6) is 0 Å². The van der Waals surface area contributed by atoms with Crippen molar-refractivity contribution in [2.75, 3.05) is 0 Å². The van der Waals surface area contributed by atoms with Gasteiger partial charge in [-0.15, -0.1) is 0 Å². The van der Waals surface area contributed by atoms with E-state index in [1.807, 2.05) is 37.3 Å². The quantitative estimate of drug-likeness (QED) is 0.819. The van der Waals surface area contributed by atoms with Crippen LogP contribution in [0, 0.1) is 0 Å². The van der Waals surface area contributed by atoms with Crippen LogP contribution < -0.4 is 0 Å². The molecule has 0 fully saturated rings. The predicted molar refractivity (Wildman–Crippen MR) is 83.5 cm³/mol. The minimum Gasteiger partial charge on any atom is -0.370 e. The van der Waals surface area contributed by atoms with E-state index in [1.165, 1.54) is 5.41 Å². The first-order valence-corrected chi connectivity index (χ1v) is 8.26. The molecular formula is C17H18O3S. The molecule has 1 atom stereocenters. The van der Waals surface area contributed by atoms with Gasteiger partial charge in [-0.2, -0.15) is 0 Å². The summed E-state index contributed by atoms with van der Waals surface area (Å²) in [6, 6.07) is 18.1. The minimum absolute atomic E-state index is 0.274. The van der Waals surface area contributed by atoms with E-state index in [0.717, 1.165) is 5.56 Å². The predicted octanol–water partition coefficient (Wildman–Crippen LogP) is 3.58. The molecule has 0 heterocycles. The number of hydrogen-bond donors (Lipinski definition) is 0. The Kier molecular flexibility index (Phi) is 5.31. The lowest BCUT2D eigenvalue weighted by Crippen LogP contribution is -2.06. The zero-order valence-electron chi connectivity index (χ0n) is 11.8. The molecule has 0 saturated heterocycles. The third kappa shape index (κ3) is 4.85. The van der Waals surface area contributed by atoms with Crippen LogP contribution in [0.3, 0.4) is 0 Å². The van der Waals surface area contributed by atoms with E-state index in [9.17, 15) is 8.42 Å². The summed E-state index contributed by atoms with van der Waals surface area (Å²) in [6.45, 7) is 2.28. The Labute approximate surface area is 125 Å². The molecule has 4 heteroatoms. The Hall–Kier alpha value is -1.91. The zero-order chi connectivity index (χ0) is 15.1. The van der Waals surface area contributed by atoms with Crippen LogP contribution in [-0.2, 0) is 21.2 Å². The highest BCUT2D eigenvalue weighted by Gasteiger charge is 2.09. The summed E-state index contributed by atoms with van der Waals surface area (Å²) in [6.07, 6.45) is 1.29.